The maximum Gasteiger partial charge on any atom is 0.240 e. The van der Waals surface area contributed by atoms with Gasteiger partial charge >= 0.3 is 0 Å². The largest absolute Gasteiger partial charge is 0.326 e. The topological polar surface area (TPSA) is 70.6 Å². The summed E-state index contributed by atoms with van der Waals surface area (Å²) in [6, 6.07) is 13.9. The van der Waals surface area contributed by atoms with Gasteiger partial charge in [0.1, 0.15) is 5.25 Å². The Morgan fingerprint density at radius 1 is 1.28 bits per heavy atom. The first kappa shape index (κ1) is 17.5. The number of amides is 2. The number of carbonyl (C=O) groups is 2. The Morgan fingerprint density at radius 3 is 2.80 bits per heavy atom. The second kappa shape index (κ2) is 7.70. The van der Waals surface area contributed by atoms with Crippen molar-refractivity contribution < 1.29 is 9.59 Å². The van der Waals surface area contributed by atoms with Crippen LogP contribution < -0.4 is 10.6 Å². The standard InChI is InChI=1S/C19H21N3O2S/c1-3-12(2)20-19-22-18(24)16(25-19)11-17(23)21-15-9-8-13-6-4-5-7-14(13)10-15/h4-10,12,16H,3,11H2,1-2H3,(H,21,23)(H,20,22,24). The van der Waals surface area contributed by atoms with E-state index >= 15 is 0 Å². The number of nitrogens with one attached hydrogen (secondary N) is 2. The van der Waals surface area contributed by atoms with Gasteiger partial charge in [0.05, 0.1) is 0 Å². The highest BCUT2D eigenvalue weighted by molar-refractivity contribution is 8.15. The van der Waals surface area contributed by atoms with Crippen molar-refractivity contribution in [3.63, 3.8) is 0 Å². The number of amidine groups is 1. The monoisotopic (exact) mass is 355 g/mol. The number of hydrogen-bond donors (Lipinski definition) is 2. The van der Waals surface area contributed by atoms with Crippen LogP contribution in [-0.4, -0.2) is 28.3 Å². The van der Waals surface area contributed by atoms with Gasteiger partial charge in [0.2, 0.25) is 11.8 Å². The van der Waals surface area contributed by atoms with Gasteiger partial charge in [0.15, 0.2) is 5.17 Å². The van der Waals surface area contributed by atoms with Crippen molar-refractivity contribution in [2.75, 3.05) is 5.32 Å². The highest BCUT2D eigenvalue weighted by atomic mass is 32.2. The molecule has 3 rings (SSSR count). The van der Waals surface area contributed by atoms with E-state index in [1.807, 2.05) is 56.3 Å². The summed E-state index contributed by atoms with van der Waals surface area (Å²) < 4.78 is 0. The molecule has 1 aliphatic heterocycles. The maximum atomic E-state index is 12.3. The molecule has 2 atom stereocenters. The summed E-state index contributed by atoms with van der Waals surface area (Å²) in [7, 11) is 0. The second-order valence-electron chi connectivity index (χ2n) is 6.10. The molecule has 2 N–H and O–H groups in total. The zero-order valence-corrected chi connectivity index (χ0v) is 15.1. The number of carbonyl (C=O) groups excluding carboxylic acids is 2. The normalized spacial score (nSPS) is 19.8. The van der Waals surface area contributed by atoms with Gasteiger partial charge in [0, 0.05) is 18.2 Å². The Bertz CT molecular complexity index is 834. The fourth-order valence-corrected chi connectivity index (χ4v) is 3.61. The van der Waals surface area contributed by atoms with Crippen LogP contribution in [0.5, 0.6) is 0 Å². The lowest BCUT2D eigenvalue weighted by Gasteiger charge is -2.08. The highest BCUT2D eigenvalue weighted by Gasteiger charge is 2.32. The van der Waals surface area contributed by atoms with Gasteiger partial charge in [-0.3, -0.25) is 14.6 Å². The summed E-state index contributed by atoms with van der Waals surface area (Å²) in [6.07, 6.45) is 1.04. The molecule has 0 bridgehead atoms. The van der Waals surface area contributed by atoms with E-state index in [-0.39, 0.29) is 24.3 Å². The van der Waals surface area contributed by atoms with Crippen molar-refractivity contribution in [3.05, 3.63) is 42.5 Å². The molecule has 1 fully saturated rings. The van der Waals surface area contributed by atoms with Crippen LogP contribution in [0.4, 0.5) is 5.69 Å². The van der Waals surface area contributed by atoms with Crippen molar-refractivity contribution in [1.82, 2.24) is 5.32 Å². The fourth-order valence-electron chi connectivity index (χ4n) is 2.54. The van der Waals surface area contributed by atoms with Crippen LogP contribution >= 0.6 is 11.8 Å². The van der Waals surface area contributed by atoms with Gasteiger partial charge in [0.25, 0.3) is 0 Å². The lowest BCUT2D eigenvalue weighted by Crippen LogP contribution is -2.28. The van der Waals surface area contributed by atoms with Crippen molar-refractivity contribution in [1.29, 1.82) is 0 Å². The average Bonchev–Trinajstić information content (AvgIpc) is 2.93. The lowest BCUT2D eigenvalue weighted by atomic mass is 10.1. The van der Waals surface area contributed by atoms with Gasteiger partial charge in [-0.2, -0.15) is 0 Å². The van der Waals surface area contributed by atoms with E-state index in [4.69, 9.17) is 0 Å². The highest BCUT2D eigenvalue weighted by Crippen LogP contribution is 2.24. The summed E-state index contributed by atoms with van der Waals surface area (Å²) >= 11 is 1.33. The molecule has 0 saturated carbocycles. The maximum absolute atomic E-state index is 12.3. The molecule has 1 aliphatic rings. The summed E-state index contributed by atoms with van der Waals surface area (Å²) in [5.41, 5.74) is 0.737. The van der Waals surface area contributed by atoms with Crippen LogP contribution in [0.25, 0.3) is 10.8 Å². The van der Waals surface area contributed by atoms with E-state index in [1.54, 1.807) is 0 Å². The average molecular weight is 355 g/mol. The Labute approximate surface area is 151 Å². The molecule has 2 aromatic carbocycles. The third-order valence-electron chi connectivity index (χ3n) is 4.11. The molecule has 0 spiro atoms. The van der Waals surface area contributed by atoms with E-state index in [1.165, 1.54) is 11.8 Å². The van der Waals surface area contributed by atoms with Gasteiger partial charge in [-0.25, -0.2) is 0 Å². The molecule has 5 nitrogen and oxygen atoms in total. The number of nitrogens with zero attached hydrogens (tertiary/aromatic N) is 1. The van der Waals surface area contributed by atoms with E-state index in [2.05, 4.69) is 15.6 Å². The fraction of sp³-hybridized carbons (Fsp3) is 0.316. The van der Waals surface area contributed by atoms with Gasteiger partial charge < -0.3 is 10.6 Å². The van der Waals surface area contributed by atoms with Crippen molar-refractivity contribution in [2.24, 2.45) is 4.99 Å². The molecule has 6 heteroatoms. The van der Waals surface area contributed by atoms with E-state index in [0.717, 1.165) is 22.9 Å². The molecule has 2 unspecified atom stereocenters. The molecule has 1 saturated heterocycles. The molecule has 0 radical (unpaired) electrons. The first-order valence-electron chi connectivity index (χ1n) is 8.39. The first-order chi connectivity index (χ1) is 12.0. The summed E-state index contributed by atoms with van der Waals surface area (Å²) in [4.78, 5) is 28.8. The molecular weight excluding hydrogens is 334 g/mol. The zero-order valence-electron chi connectivity index (χ0n) is 14.3. The van der Waals surface area contributed by atoms with Crippen LogP contribution in [0, 0.1) is 0 Å². The van der Waals surface area contributed by atoms with Crippen LogP contribution in [0.1, 0.15) is 26.7 Å². The number of fused-ring (bicyclic) bond motifs is 1. The first-order valence-corrected chi connectivity index (χ1v) is 9.27. The second-order valence-corrected chi connectivity index (χ2v) is 7.29. The number of rotatable bonds is 5. The Morgan fingerprint density at radius 2 is 2.04 bits per heavy atom. The van der Waals surface area contributed by atoms with Gasteiger partial charge in [-0.1, -0.05) is 49.0 Å². The number of aliphatic imine (C=N–C) groups is 1. The number of anilines is 1. The van der Waals surface area contributed by atoms with E-state index in [0.29, 0.717) is 5.17 Å². The minimum atomic E-state index is -0.428. The summed E-state index contributed by atoms with van der Waals surface area (Å²) in [5.74, 6) is -0.326. The molecule has 2 amide bonds. The third kappa shape index (κ3) is 4.39. The molecule has 0 aliphatic carbocycles. The molecule has 130 valence electrons. The van der Waals surface area contributed by atoms with Gasteiger partial charge in [-0.15, -0.1) is 0 Å². The van der Waals surface area contributed by atoms with Crippen LogP contribution in [0.15, 0.2) is 47.5 Å². The predicted molar refractivity (Wildman–Crippen MR) is 104 cm³/mol. The Kier molecular flexibility index (Phi) is 5.38. The minimum Gasteiger partial charge on any atom is -0.326 e. The smallest absolute Gasteiger partial charge is 0.240 e. The van der Waals surface area contributed by atoms with Crippen LogP contribution in [0.3, 0.4) is 0 Å². The Hall–Kier alpha value is -2.34. The molecular formula is C19H21N3O2S. The zero-order chi connectivity index (χ0) is 17.8. The number of benzene rings is 2. The molecule has 2 aromatic rings. The number of thioether (sulfide) groups is 1. The molecule has 0 aromatic heterocycles. The minimum absolute atomic E-state index is 0.128. The third-order valence-corrected chi connectivity index (χ3v) is 5.20. The predicted octanol–water partition coefficient (Wildman–Crippen LogP) is 3.55. The van der Waals surface area contributed by atoms with E-state index in [9.17, 15) is 9.59 Å². The van der Waals surface area contributed by atoms with Crippen molar-refractivity contribution in [3.8, 4) is 0 Å². The molecule has 1 heterocycles. The SMILES string of the molecule is CCC(C)N=C1NC(=O)C(CC(=O)Nc2ccc3ccccc3c2)S1. The van der Waals surface area contributed by atoms with Crippen molar-refractivity contribution in [2.45, 2.75) is 38.0 Å². The van der Waals surface area contributed by atoms with Crippen LogP contribution in [-0.2, 0) is 9.59 Å². The summed E-state index contributed by atoms with van der Waals surface area (Å²) in [5, 5.41) is 8.01. The van der Waals surface area contributed by atoms with Crippen LogP contribution in [0.2, 0.25) is 0 Å². The lowest BCUT2D eigenvalue weighted by molar-refractivity contribution is -0.122. The van der Waals surface area contributed by atoms with Crippen molar-refractivity contribution >= 4 is 45.2 Å². The molecule has 25 heavy (non-hydrogen) atoms. The quantitative estimate of drug-likeness (QED) is 0.861. The summed E-state index contributed by atoms with van der Waals surface area (Å²) in [6.45, 7) is 4.05. The number of hydrogen-bond acceptors (Lipinski definition) is 4. The Balaban J connectivity index is 1.62. The van der Waals surface area contributed by atoms with E-state index < -0.39 is 5.25 Å². The van der Waals surface area contributed by atoms with Gasteiger partial charge in [-0.05, 0) is 36.2 Å².